The number of para-hydroxylation sites is 1. The smallest absolute Gasteiger partial charge is 0.128 e. The van der Waals surface area contributed by atoms with Crippen LogP contribution in [0.1, 0.15) is 5.56 Å². The summed E-state index contributed by atoms with van der Waals surface area (Å²) >= 11 is 0. The van der Waals surface area contributed by atoms with Crippen LogP contribution >= 0.6 is 0 Å². The highest BCUT2D eigenvalue weighted by atomic mass is 16.5. The fourth-order valence-corrected chi connectivity index (χ4v) is 0.948. The molecular weight excluding hydrogens is 164 g/mol. The Kier molecular flexibility index (Phi) is 3.57. The summed E-state index contributed by atoms with van der Waals surface area (Å²) in [4.78, 5) is 0. The lowest BCUT2D eigenvalue weighted by Gasteiger charge is -2.05. The second kappa shape index (κ2) is 4.98. The van der Waals surface area contributed by atoms with E-state index in [9.17, 15) is 0 Å². The third-order valence-corrected chi connectivity index (χ3v) is 1.49. The lowest BCUT2D eigenvalue weighted by atomic mass is 10.2. The zero-order valence-electron chi connectivity index (χ0n) is 7.31. The molecule has 3 heteroatoms. The summed E-state index contributed by atoms with van der Waals surface area (Å²) < 4.78 is 5.37. The number of nitrogens with zero attached hydrogens (tertiary/aromatic N) is 1. The van der Waals surface area contributed by atoms with Gasteiger partial charge in [-0.05, 0) is 12.1 Å². The molecule has 0 aromatic heterocycles. The topological polar surface area (TPSA) is 47.6 Å². The van der Waals surface area contributed by atoms with Crippen LogP contribution in [0.15, 0.2) is 42.0 Å². The number of hydrogen-bond acceptors (Lipinski definition) is 3. The molecule has 13 heavy (non-hydrogen) atoms. The van der Waals surface area contributed by atoms with Gasteiger partial charge in [-0.1, -0.05) is 24.8 Å². The number of benzene rings is 1. The van der Waals surface area contributed by atoms with Gasteiger partial charge in [0, 0.05) is 5.56 Å². The minimum atomic E-state index is 0.482. The quantitative estimate of drug-likeness (QED) is 0.327. The van der Waals surface area contributed by atoms with Crippen LogP contribution < -0.4 is 10.6 Å². The van der Waals surface area contributed by atoms with E-state index in [0.29, 0.717) is 6.61 Å². The number of nitrogens with two attached hydrogens (primary N) is 1. The van der Waals surface area contributed by atoms with E-state index in [2.05, 4.69) is 11.7 Å². The number of rotatable bonds is 4. The molecule has 0 heterocycles. The Morgan fingerprint density at radius 2 is 2.23 bits per heavy atom. The summed E-state index contributed by atoms with van der Waals surface area (Å²) in [6, 6.07) is 7.54. The summed E-state index contributed by atoms with van der Waals surface area (Å²) in [5.74, 6) is 5.81. The molecule has 0 atom stereocenters. The lowest BCUT2D eigenvalue weighted by Crippen LogP contribution is -1.97. The fraction of sp³-hybridized carbons (Fsp3) is 0.100. The third kappa shape index (κ3) is 2.63. The number of hydrazone groups is 1. The predicted octanol–water partition coefficient (Wildman–Crippen LogP) is 1.54. The van der Waals surface area contributed by atoms with Gasteiger partial charge in [-0.2, -0.15) is 5.10 Å². The molecule has 0 saturated carbocycles. The normalized spacial score (nSPS) is 10.2. The summed E-state index contributed by atoms with van der Waals surface area (Å²) in [6.45, 7) is 4.05. The molecule has 1 aromatic rings. The molecule has 0 saturated heterocycles. The van der Waals surface area contributed by atoms with Crippen molar-refractivity contribution in [3.8, 4) is 5.75 Å². The molecule has 0 aliphatic rings. The minimum Gasteiger partial charge on any atom is -0.489 e. The van der Waals surface area contributed by atoms with E-state index in [4.69, 9.17) is 10.6 Å². The van der Waals surface area contributed by atoms with Crippen molar-refractivity contribution in [3.63, 3.8) is 0 Å². The third-order valence-electron chi connectivity index (χ3n) is 1.49. The second-order valence-corrected chi connectivity index (χ2v) is 2.42. The van der Waals surface area contributed by atoms with Gasteiger partial charge in [0.1, 0.15) is 12.4 Å². The Balaban J connectivity index is 2.83. The molecule has 1 aromatic carbocycles. The first-order valence-electron chi connectivity index (χ1n) is 3.94. The standard InChI is InChI=1S/C10H12N2O/c1-2-7-13-10-6-4-3-5-9(10)8-12-11/h2-6,8H,1,7,11H2. The van der Waals surface area contributed by atoms with Crippen LogP contribution in [0.3, 0.4) is 0 Å². The average molecular weight is 176 g/mol. The fourth-order valence-electron chi connectivity index (χ4n) is 0.948. The highest BCUT2D eigenvalue weighted by Crippen LogP contribution is 2.15. The Morgan fingerprint density at radius 3 is 2.92 bits per heavy atom. The number of hydrogen-bond donors (Lipinski definition) is 1. The van der Waals surface area contributed by atoms with E-state index < -0.39 is 0 Å². The summed E-state index contributed by atoms with van der Waals surface area (Å²) in [6.07, 6.45) is 3.24. The van der Waals surface area contributed by atoms with Gasteiger partial charge in [0.05, 0.1) is 6.21 Å². The van der Waals surface area contributed by atoms with Gasteiger partial charge in [-0.3, -0.25) is 0 Å². The van der Waals surface area contributed by atoms with E-state index in [0.717, 1.165) is 11.3 Å². The van der Waals surface area contributed by atoms with Gasteiger partial charge in [0.2, 0.25) is 0 Å². The van der Waals surface area contributed by atoms with Crippen molar-refractivity contribution in [2.45, 2.75) is 0 Å². The van der Waals surface area contributed by atoms with Crippen molar-refractivity contribution < 1.29 is 4.74 Å². The Morgan fingerprint density at radius 1 is 1.46 bits per heavy atom. The maximum Gasteiger partial charge on any atom is 0.128 e. The Labute approximate surface area is 77.5 Å². The zero-order chi connectivity index (χ0) is 9.52. The van der Waals surface area contributed by atoms with Crippen molar-refractivity contribution in [1.29, 1.82) is 0 Å². The SMILES string of the molecule is C=CCOc1ccccc1C=NN. The van der Waals surface area contributed by atoms with Crippen LogP contribution in [0.25, 0.3) is 0 Å². The number of ether oxygens (including phenoxy) is 1. The van der Waals surface area contributed by atoms with E-state index >= 15 is 0 Å². The summed E-state index contributed by atoms with van der Waals surface area (Å²) in [7, 11) is 0. The average Bonchev–Trinajstić information content (AvgIpc) is 2.17. The lowest BCUT2D eigenvalue weighted by molar-refractivity contribution is 0.363. The van der Waals surface area contributed by atoms with Crippen LogP contribution in [0, 0.1) is 0 Å². The van der Waals surface area contributed by atoms with E-state index in [1.54, 1.807) is 12.3 Å². The monoisotopic (exact) mass is 176 g/mol. The van der Waals surface area contributed by atoms with Crippen molar-refractivity contribution >= 4 is 6.21 Å². The summed E-state index contributed by atoms with van der Waals surface area (Å²) in [5, 5.41) is 3.44. The molecule has 2 N–H and O–H groups in total. The van der Waals surface area contributed by atoms with Gasteiger partial charge in [0.25, 0.3) is 0 Å². The van der Waals surface area contributed by atoms with Crippen molar-refractivity contribution in [2.75, 3.05) is 6.61 Å². The largest absolute Gasteiger partial charge is 0.489 e. The molecule has 0 fully saturated rings. The zero-order valence-corrected chi connectivity index (χ0v) is 7.31. The van der Waals surface area contributed by atoms with Gasteiger partial charge in [0.15, 0.2) is 0 Å². The molecule has 1 rings (SSSR count). The van der Waals surface area contributed by atoms with Gasteiger partial charge >= 0.3 is 0 Å². The first-order valence-corrected chi connectivity index (χ1v) is 3.94. The van der Waals surface area contributed by atoms with Crippen LogP contribution in [-0.4, -0.2) is 12.8 Å². The Hall–Kier alpha value is -1.77. The highest BCUT2D eigenvalue weighted by molar-refractivity contribution is 5.83. The molecule has 0 bridgehead atoms. The molecule has 0 spiro atoms. The van der Waals surface area contributed by atoms with Crippen LogP contribution in [0.5, 0.6) is 5.75 Å². The molecule has 68 valence electrons. The van der Waals surface area contributed by atoms with Gasteiger partial charge in [-0.25, -0.2) is 0 Å². The molecule has 0 aliphatic carbocycles. The maximum atomic E-state index is 5.37. The van der Waals surface area contributed by atoms with E-state index in [1.165, 1.54) is 0 Å². The second-order valence-electron chi connectivity index (χ2n) is 2.42. The molecular formula is C10H12N2O. The molecule has 3 nitrogen and oxygen atoms in total. The summed E-state index contributed by atoms with van der Waals surface area (Å²) in [5.41, 5.74) is 0.867. The minimum absolute atomic E-state index is 0.482. The van der Waals surface area contributed by atoms with Crippen molar-refractivity contribution in [2.24, 2.45) is 10.9 Å². The van der Waals surface area contributed by atoms with E-state index in [-0.39, 0.29) is 0 Å². The van der Waals surface area contributed by atoms with E-state index in [1.807, 2.05) is 24.3 Å². The molecule has 0 aliphatic heterocycles. The molecule has 0 amide bonds. The van der Waals surface area contributed by atoms with Crippen molar-refractivity contribution in [3.05, 3.63) is 42.5 Å². The van der Waals surface area contributed by atoms with Crippen LogP contribution in [0.4, 0.5) is 0 Å². The molecule has 0 radical (unpaired) electrons. The maximum absolute atomic E-state index is 5.37. The first-order chi connectivity index (χ1) is 6.38. The Bertz CT molecular complexity index is 308. The van der Waals surface area contributed by atoms with Gasteiger partial charge in [-0.15, -0.1) is 0 Å². The predicted molar refractivity (Wildman–Crippen MR) is 53.9 cm³/mol. The van der Waals surface area contributed by atoms with Crippen LogP contribution in [0.2, 0.25) is 0 Å². The first kappa shape index (κ1) is 9.32. The van der Waals surface area contributed by atoms with Crippen LogP contribution in [-0.2, 0) is 0 Å². The van der Waals surface area contributed by atoms with Crippen molar-refractivity contribution in [1.82, 2.24) is 0 Å². The highest BCUT2D eigenvalue weighted by Gasteiger charge is 1.97. The molecule has 0 unspecified atom stereocenters. The van der Waals surface area contributed by atoms with Gasteiger partial charge < -0.3 is 10.6 Å².